The fourth-order valence-corrected chi connectivity index (χ4v) is 1.05. The van der Waals surface area contributed by atoms with Crippen molar-refractivity contribution < 1.29 is 14.7 Å². The van der Waals surface area contributed by atoms with Gasteiger partial charge in [-0.2, -0.15) is 0 Å². The largest absolute Gasteiger partial charge is 0.478 e. The molecule has 1 aromatic rings. The van der Waals surface area contributed by atoms with Gasteiger partial charge in [0.2, 0.25) is 0 Å². The monoisotopic (exact) mass is 223 g/mol. The second-order valence-corrected chi connectivity index (χ2v) is 3.02. The summed E-state index contributed by atoms with van der Waals surface area (Å²) in [4.78, 5) is 21.0. The lowest BCUT2D eigenvalue weighted by atomic mass is 10.1. The number of hydrogen-bond donors (Lipinski definition) is 2. The van der Waals surface area contributed by atoms with Crippen LogP contribution in [0.3, 0.4) is 0 Å². The number of rotatable bonds is 1. The van der Waals surface area contributed by atoms with Crippen LogP contribution in [0.1, 0.15) is 15.9 Å². The van der Waals surface area contributed by atoms with Crippen LogP contribution in [0, 0.1) is 11.8 Å². The molecule has 76 valence electrons. The van der Waals surface area contributed by atoms with Gasteiger partial charge in [-0.15, -0.1) is 0 Å². The molecular weight excluding hydrogens is 218 g/mol. The summed E-state index contributed by atoms with van der Waals surface area (Å²) >= 11 is 5.74. The number of carboxylic acids is 1. The van der Waals surface area contributed by atoms with Gasteiger partial charge in [0.25, 0.3) is 5.91 Å². The number of hydrogen-bond acceptors (Lipinski definition) is 2. The topological polar surface area (TPSA) is 80.4 Å². The summed E-state index contributed by atoms with van der Waals surface area (Å²) in [6.07, 6.45) is 0. The molecule has 0 atom stereocenters. The standard InChI is InChI=1S/C10H6ClNO3/c11-8-3-1-7(10(14)15)5-6(8)2-4-9(12)13/h1,3,5H,(H2,12,13)(H,14,15). The maximum absolute atomic E-state index is 10.6. The lowest BCUT2D eigenvalue weighted by molar-refractivity contribution is -0.112. The van der Waals surface area contributed by atoms with Crippen molar-refractivity contribution in [1.29, 1.82) is 0 Å². The van der Waals surface area contributed by atoms with Crippen LogP contribution in [0.5, 0.6) is 0 Å². The number of primary amides is 1. The Morgan fingerprint density at radius 1 is 1.40 bits per heavy atom. The van der Waals surface area contributed by atoms with Crippen LogP contribution in [0.4, 0.5) is 0 Å². The molecule has 0 aliphatic rings. The van der Waals surface area contributed by atoms with Gasteiger partial charge in [-0.25, -0.2) is 4.79 Å². The third-order valence-electron chi connectivity index (χ3n) is 1.53. The van der Waals surface area contributed by atoms with Crippen molar-refractivity contribution in [2.75, 3.05) is 0 Å². The van der Waals surface area contributed by atoms with E-state index in [9.17, 15) is 9.59 Å². The lowest BCUT2D eigenvalue weighted by Crippen LogP contribution is -2.06. The van der Waals surface area contributed by atoms with Crippen LogP contribution < -0.4 is 5.73 Å². The summed E-state index contributed by atoms with van der Waals surface area (Å²) in [6, 6.07) is 4.02. The highest BCUT2D eigenvalue weighted by Gasteiger charge is 2.05. The molecule has 3 N–H and O–H groups in total. The van der Waals surface area contributed by atoms with Gasteiger partial charge in [0.15, 0.2) is 0 Å². The van der Waals surface area contributed by atoms with Crippen LogP contribution >= 0.6 is 11.6 Å². The van der Waals surface area contributed by atoms with Gasteiger partial charge in [0, 0.05) is 11.5 Å². The highest BCUT2D eigenvalue weighted by atomic mass is 35.5. The van der Waals surface area contributed by atoms with Gasteiger partial charge in [-0.05, 0) is 18.2 Å². The molecule has 0 unspecified atom stereocenters. The molecule has 1 amide bonds. The van der Waals surface area contributed by atoms with E-state index < -0.39 is 11.9 Å². The summed E-state index contributed by atoms with van der Waals surface area (Å²) < 4.78 is 0. The summed E-state index contributed by atoms with van der Waals surface area (Å²) in [5, 5.41) is 8.97. The first-order valence-corrected chi connectivity index (χ1v) is 4.23. The zero-order chi connectivity index (χ0) is 11.4. The number of carboxylic acid groups (broad SMARTS) is 1. The van der Waals surface area contributed by atoms with Crippen LogP contribution in [-0.2, 0) is 4.79 Å². The number of carbonyl (C=O) groups is 2. The van der Waals surface area contributed by atoms with Crippen molar-refractivity contribution in [3.8, 4) is 11.8 Å². The van der Waals surface area contributed by atoms with E-state index in [2.05, 4.69) is 11.8 Å². The Hall–Kier alpha value is -1.99. The Bertz CT molecular complexity index is 485. The Kier molecular flexibility index (Phi) is 3.32. The smallest absolute Gasteiger partial charge is 0.335 e. The van der Waals surface area contributed by atoms with E-state index in [0.717, 1.165) is 0 Å². The van der Waals surface area contributed by atoms with Crippen LogP contribution in [0.2, 0.25) is 5.02 Å². The van der Waals surface area contributed by atoms with Gasteiger partial charge in [-0.3, -0.25) is 4.79 Å². The molecule has 0 radical (unpaired) electrons. The number of aromatic carboxylic acids is 1. The molecule has 0 saturated carbocycles. The quantitative estimate of drug-likeness (QED) is 0.694. The van der Waals surface area contributed by atoms with Crippen molar-refractivity contribution in [3.05, 3.63) is 34.3 Å². The number of nitrogens with two attached hydrogens (primary N) is 1. The molecule has 0 fully saturated rings. The molecule has 0 saturated heterocycles. The zero-order valence-electron chi connectivity index (χ0n) is 7.45. The Morgan fingerprint density at radius 2 is 2.07 bits per heavy atom. The second-order valence-electron chi connectivity index (χ2n) is 2.61. The van der Waals surface area contributed by atoms with E-state index in [1.807, 2.05) is 0 Å². The van der Waals surface area contributed by atoms with Gasteiger partial charge in [0.1, 0.15) is 0 Å². The third kappa shape index (κ3) is 3.01. The second kappa shape index (κ2) is 4.49. The number of amides is 1. The first-order chi connectivity index (χ1) is 7.00. The summed E-state index contributed by atoms with van der Waals surface area (Å²) in [6.45, 7) is 0. The third-order valence-corrected chi connectivity index (χ3v) is 1.86. The Balaban J connectivity index is 3.18. The van der Waals surface area contributed by atoms with Crippen molar-refractivity contribution >= 4 is 23.5 Å². The first kappa shape index (κ1) is 11.1. The molecule has 0 spiro atoms. The van der Waals surface area contributed by atoms with Crippen LogP contribution in [0.25, 0.3) is 0 Å². The highest BCUT2D eigenvalue weighted by molar-refractivity contribution is 6.31. The van der Waals surface area contributed by atoms with Gasteiger partial charge >= 0.3 is 5.97 Å². The SMILES string of the molecule is NC(=O)C#Cc1cc(C(=O)O)ccc1Cl. The average Bonchev–Trinajstić information content (AvgIpc) is 2.16. The summed E-state index contributed by atoms with van der Waals surface area (Å²) in [5.41, 5.74) is 5.13. The highest BCUT2D eigenvalue weighted by Crippen LogP contribution is 2.16. The molecule has 0 aromatic heterocycles. The van der Waals surface area contributed by atoms with Crippen LogP contribution in [0.15, 0.2) is 18.2 Å². The predicted molar refractivity (Wildman–Crippen MR) is 54.5 cm³/mol. The van der Waals surface area contributed by atoms with Gasteiger partial charge in [0.05, 0.1) is 10.6 Å². The normalized spacial score (nSPS) is 8.87. The molecule has 4 nitrogen and oxygen atoms in total. The van der Waals surface area contributed by atoms with E-state index in [0.29, 0.717) is 0 Å². The van der Waals surface area contributed by atoms with E-state index >= 15 is 0 Å². The molecule has 1 rings (SSSR count). The van der Waals surface area contributed by atoms with E-state index in [1.165, 1.54) is 18.2 Å². The maximum atomic E-state index is 10.6. The van der Waals surface area contributed by atoms with Crippen molar-refractivity contribution in [2.24, 2.45) is 5.73 Å². The summed E-state index contributed by atoms with van der Waals surface area (Å²) in [7, 11) is 0. The minimum absolute atomic E-state index is 0.0492. The van der Waals surface area contributed by atoms with Gasteiger partial charge < -0.3 is 10.8 Å². The first-order valence-electron chi connectivity index (χ1n) is 3.85. The van der Waals surface area contributed by atoms with Crippen molar-refractivity contribution in [1.82, 2.24) is 0 Å². The zero-order valence-corrected chi connectivity index (χ0v) is 8.21. The number of benzene rings is 1. The van der Waals surface area contributed by atoms with Gasteiger partial charge in [-0.1, -0.05) is 17.5 Å². The van der Waals surface area contributed by atoms with E-state index in [4.69, 9.17) is 22.4 Å². The predicted octanol–water partition coefficient (Wildman–Crippen LogP) is 0.875. The van der Waals surface area contributed by atoms with Crippen LogP contribution in [-0.4, -0.2) is 17.0 Å². The molecule has 0 bridgehead atoms. The summed E-state index contributed by atoms with van der Waals surface area (Å²) in [5.74, 6) is 2.58. The molecule has 0 heterocycles. The Morgan fingerprint density at radius 3 is 2.60 bits per heavy atom. The molecule has 1 aromatic carbocycles. The average molecular weight is 224 g/mol. The van der Waals surface area contributed by atoms with E-state index in [1.54, 1.807) is 0 Å². The Labute approximate surface area is 90.7 Å². The number of carbonyl (C=O) groups excluding carboxylic acids is 1. The minimum atomic E-state index is -1.09. The molecular formula is C10H6ClNO3. The maximum Gasteiger partial charge on any atom is 0.335 e. The fourth-order valence-electron chi connectivity index (χ4n) is 0.883. The van der Waals surface area contributed by atoms with Crippen molar-refractivity contribution in [3.63, 3.8) is 0 Å². The van der Waals surface area contributed by atoms with E-state index in [-0.39, 0.29) is 16.1 Å². The lowest BCUT2D eigenvalue weighted by Gasteiger charge is -1.97. The molecule has 0 aliphatic carbocycles. The molecule has 0 aliphatic heterocycles. The van der Waals surface area contributed by atoms with Crippen molar-refractivity contribution in [2.45, 2.75) is 0 Å². The molecule has 15 heavy (non-hydrogen) atoms. The fraction of sp³-hybridized carbons (Fsp3) is 0. The molecule has 5 heteroatoms. The minimum Gasteiger partial charge on any atom is -0.478 e. The number of halogens is 1.